The number of nitrogens with zero attached hydrogens (tertiary/aromatic N) is 4. The number of para-hydroxylation sites is 1. The van der Waals surface area contributed by atoms with E-state index in [4.69, 9.17) is 4.98 Å². The van der Waals surface area contributed by atoms with Crippen LogP contribution in [-0.2, 0) is 9.59 Å². The Balaban J connectivity index is 1.51. The van der Waals surface area contributed by atoms with E-state index in [0.29, 0.717) is 25.1 Å². The molecule has 2 aromatic rings. The third kappa shape index (κ3) is 3.16. The van der Waals surface area contributed by atoms with Gasteiger partial charge in [0.25, 0.3) is 5.91 Å². The van der Waals surface area contributed by atoms with Crippen molar-refractivity contribution in [3.05, 3.63) is 29.3 Å². The summed E-state index contributed by atoms with van der Waals surface area (Å²) in [5.74, 6) is 0.200. The Morgan fingerprint density at radius 2 is 2.12 bits per heavy atom. The number of thiazole rings is 1. The first kappa shape index (κ1) is 16.2. The molecule has 1 aromatic carbocycles. The molecule has 25 heavy (non-hydrogen) atoms. The molecule has 130 valence electrons. The van der Waals surface area contributed by atoms with Crippen LogP contribution in [-0.4, -0.2) is 52.6 Å². The third-order valence-corrected chi connectivity index (χ3v) is 6.02. The zero-order valence-electron chi connectivity index (χ0n) is 14.1. The topological polar surface area (TPSA) is 65.9 Å². The Kier molecular flexibility index (Phi) is 4.25. The number of fused-ring (bicyclic) bond motifs is 1. The molecule has 7 heteroatoms. The van der Waals surface area contributed by atoms with Gasteiger partial charge in [0.1, 0.15) is 5.71 Å². The predicted octanol–water partition coefficient (Wildman–Crippen LogP) is 2.61. The molecular weight excluding hydrogens is 336 g/mol. The second kappa shape index (κ2) is 6.55. The van der Waals surface area contributed by atoms with Crippen molar-refractivity contribution in [3.8, 4) is 0 Å². The zero-order chi connectivity index (χ0) is 17.4. The normalized spacial score (nSPS) is 21.6. The van der Waals surface area contributed by atoms with Crippen LogP contribution in [0.4, 0.5) is 0 Å². The Hall–Kier alpha value is -2.28. The van der Waals surface area contributed by atoms with Gasteiger partial charge in [0.2, 0.25) is 5.91 Å². The standard InChI is InChI=1S/C18H20N4O2S/c1-21-16(23)9-8-14(20-21)18(24)22-10-4-5-12(11-22)17-19-13-6-2-3-7-15(13)25-17/h2-3,6-7,12H,4-5,8-11H2,1H3. The number of hydrazone groups is 1. The average Bonchev–Trinajstić information content (AvgIpc) is 3.08. The van der Waals surface area contributed by atoms with Crippen LogP contribution >= 0.6 is 11.3 Å². The van der Waals surface area contributed by atoms with E-state index in [1.54, 1.807) is 18.4 Å². The Labute approximate surface area is 150 Å². The van der Waals surface area contributed by atoms with Crippen molar-refractivity contribution in [3.63, 3.8) is 0 Å². The van der Waals surface area contributed by atoms with Gasteiger partial charge in [-0.2, -0.15) is 5.10 Å². The molecule has 3 heterocycles. The smallest absolute Gasteiger partial charge is 0.270 e. The predicted molar refractivity (Wildman–Crippen MR) is 97.6 cm³/mol. The van der Waals surface area contributed by atoms with Gasteiger partial charge in [-0.3, -0.25) is 9.59 Å². The largest absolute Gasteiger partial charge is 0.337 e. The number of hydrogen-bond acceptors (Lipinski definition) is 5. The van der Waals surface area contributed by atoms with E-state index >= 15 is 0 Å². The fourth-order valence-electron chi connectivity index (χ4n) is 3.43. The van der Waals surface area contributed by atoms with Crippen molar-refractivity contribution in [2.45, 2.75) is 31.6 Å². The average molecular weight is 356 g/mol. The fourth-order valence-corrected chi connectivity index (χ4v) is 4.53. The first-order chi connectivity index (χ1) is 12.1. The molecule has 2 aliphatic rings. The summed E-state index contributed by atoms with van der Waals surface area (Å²) in [6.07, 6.45) is 2.81. The highest BCUT2D eigenvalue weighted by Gasteiger charge is 2.31. The molecule has 0 bridgehead atoms. The van der Waals surface area contributed by atoms with Crippen molar-refractivity contribution in [1.82, 2.24) is 14.9 Å². The van der Waals surface area contributed by atoms with Crippen molar-refractivity contribution in [1.29, 1.82) is 0 Å². The van der Waals surface area contributed by atoms with Gasteiger partial charge in [0.15, 0.2) is 0 Å². The number of amides is 2. The molecule has 0 radical (unpaired) electrons. The van der Waals surface area contributed by atoms with Gasteiger partial charge in [-0.1, -0.05) is 12.1 Å². The number of hydrogen-bond donors (Lipinski definition) is 0. The molecule has 0 N–H and O–H groups in total. The summed E-state index contributed by atoms with van der Waals surface area (Å²) < 4.78 is 1.19. The Morgan fingerprint density at radius 3 is 2.92 bits per heavy atom. The number of benzene rings is 1. The SMILES string of the molecule is CN1N=C(C(=O)N2CCCC(c3nc4ccccc4s3)C2)CCC1=O. The first-order valence-electron chi connectivity index (χ1n) is 8.60. The van der Waals surface area contributed by atoms with E-state index in [9.17, 15) is 9.59 Å². The van der Waals surface area contributed by atoms with Crippen molar-refractivity contribution < 1.29 is 9.59 Å². The molecule has 1 aromatic heterocycles. The lowest BCUT2D eigenvalue weighted by Crippen LogP contribution is -2.44. The third-order valence-electron chi connectivity index (χ3n) is 4.82. The molecule has 1 unspecified atom stereocenters. The lowest BCUT2D eigenvalue weighted by atomic mass is 9.98. The fraction of sp³-hybridized carbons (Fsp3) is 0.444. The lowest BCUT2D eigenvalue weighted by molar-refractivity contribution is -0.130. The lowest BCUT2D eigenvalue weighted by Gasteiger charge is -2.33. The summed E-state index contributed by atoms with van der Waals surface area (Å²) >= 11 is 1.72. The van der Waals surface area contributed by atoms with Gasteiger partial charge in [-0.15, -0.1) is 11.3 Å². The van der Waals surface area contributed by atoms with Crippen LogP contribution in [0.3, 0.4) is 0 Å². The van der Waals surface area contributed by atoms with Gasteiger partial charge in [0.05, 0.1) is 15.2 Å². The summed E-state index contributed by atoms with van der Waals surface area (Å²) in [7, 11) is 1.61. The number of carbonyl (C=O) groups excluding carboxylic acids is 2. The first-order valence-corrected chi connectivity index (χ1v) is 9.42. The van der Waals surface area contributed by atoms with Crippen molar-refractivity contribution in [2.75, 3.05) is 20.1 Å². The van der Waals surface area contributed by atoms with Gasteiger partial charge in [-0.25, -0.2) is 9.99 Å². The Bertz CT molecular complexity index is 827. The maximum Gasteiger partial charge on any atom is 0.270 e. The molecule has 1 saturated heterocycles. The van der Waals surface area contributed by atoms with Gasteiger partial charge in [-0.05, 0) is 25.0 Å². The van der Waals surface area contributed by atoms with Crippen LogP contribution in [0.1, 0.15) is 36.6 Å². The molecule has 2 aliphatic heterocycles. The summed E-state index contributed by atoms with van der Waals surface area (Å²) in [5.41, 5.74) is 1.52. The Morgan fingerprint density at radius 1 is 1.28 bits per heavy atom. The van der Waals surface area contributed by atoms with Crippen LogP contribution in [0.2, 0.25) is 0 Å². The molecule has 2 amide bonds. The van der Waals surface area contributed by atoms with Crippen LogP contribution in [0, 0.1) is 0 Å². The highest BCUT2D eigenvalue weighted by atomic mass is 32.1. The molecular formula is C18H20N4O2S. The van der Waals surface area contributed by atoms with E-state index in [-0.39, 0.29) is 17.7 Å². The van der Waals surface area contributed by atoms with E-state index in [1.165, 1.54) is 9.71 Å². The summed E-state index contributed by atoms with van der Waals surface area (Å²) in [6, 6.07) is 8.15. The summed E-state index contributed by atoms with van der Waals surface area (Å²) in [5, 5.41) is 6.56. The van der Waals surface area contributed by atoms with E-state index in [2.05, 4.69) is 11.2 Å². The minimum Gasteiger partial charge on any atom is -0.337 e. The molecule has 0 aliphatic carbocycles. The highest BCUT2D eigenvalue weighted by Crippen LogP contribution is 2.33. The number of rotatable bonds is 2. The van der Waals surface area contributed by atoms with Crippen LogP contribution in [0.25, 0.3) is 10.2 Å². The van der Waals surface area contributed by atoms with E-state index < -0.39 is 0 Å². The number of likely N-dealkylation sites (tertiary alicyclic amines) is 1. The minimum atomic E-state index is -0.0393. The molecule has 4 rings (SSSR count). The quantitative estimate of drug-likeness (QED) is 0.831. The molecule has 1 fully saturated rings. The summed E-state index contributed by atoms with van der Waals surface area (Å²) in [6.45, 7) is 1.42. The minimum absolute atomic E-state index is 0.0369. The molecule has 0 spiro atoms. The second-order valence-electron chi connectivity index (χ2n) is 6.57. The van der Waals surface area contributed by atoms with Crippen LogP contribution in [0.5, 0.6) is 0 Å². The van der Waals surface area contributed by atoms with Crippen LogP contribution in [0.15, 0.2) is 29.4 Å². The molecule has 1 atom stereocenters. The maximum atomic E-state index is 12.8. The van der Waals surface area contributed by atoms with Crippen LogP contribution < -0.4 is 0 Å². The van der Waals surface area contributed by atoms with Crippen molar-refractivity contribution in [2.24, 2.45) is 5.10 Å². The monoisotopic (exact) mass is 356 g/mol. The van der Waals surface area contributed by atoms with E-state index in [0.717, 1.165) is 29.9 Å². The highest BCUT2D eigenvalue weighted by molar-refractivity contribution is 7.18. The van der Waals surface area contributed by atoms with Gasteiger partial charge >= 0.3 is 0 Å². The molecule has 6 nitrogen and oxygen atoms in total. The number of aromatic nitrogens is 1. The molecule has 0 saturated carbocycles. The number of piperidine rings is 1. The van der Waals surface area contributed by atoms with Crippen molar-refractivity contribution >= 4 is 39.1 Å². The van der Waals surface area contributed by atoms with E-state index in [1.807, 2.05) is 23.1 Å². The summed E-state index contributed by atoms with van der Waals surface area (Å²) in [4.78, 5) is 31.0. The number of carbonyl (C=O) groups is 2. The second-order valence-corrected chi connectivity index (χ2v) is 7.64. The van der Waals surface area contributed by atoms with Gasteiger partial charge < -0.3 is 4.90 Å². The maximum absolute atomic E-state index is 12.8. The van der Waals surface area contributed by atoms with Gasteiger partial charge in [0, 0.05) is 38.9 Å². The zero-order valence-corrected chi connectivity index (χ0v) is 15.0.